The number of rotatable bonds is 3. The van der Waals surface area contributed by atoms with E-state index in [1.54, 1.807) is 12.1 Å². The lowest BCUT2D eigenvalue weighted by Crippen LogP contribution is -2.07. The number of nitrogen functional groups attached to an aromatic ring is 1. The van der Waals surface area contributed by atoms with Gasteiger partial charge in [0.15, 0.2) is 0 Å². The first kappa shape index (κ1) is 14.4. The van der Waals surface area contributed by atoms with Gasteiger partial charge in [-0.15, -0.1) is 0 Å². The number of hydrogen-bond donors (Lipinski definition) is 1. The molecule has 0 atom stereocenters. The fraction of sp³-hybridized carbons (Fsp3) is 0.333. The summed E-state index contributed by atoms with van der Waals surface area (Å²) in [6.45, 7) is 4.70. The average molecular weight is 277 g/mol. The molecule has 0 spiro atoms. The van der Waals surface area contributed by atoms with Gasteiger partial charge in [-0.3, -0.25) is 0 Å². The van der Waals surface area contributed by atoms with Gasteiger partial charge in [0, 0.05) is 18.1 Å². The van der Waals surface area contributed by atoms with Gasteiger partial charge in [-0.25, -0.2) is 18.7 Å². The monoisotopic (exact) mass is 277 g/mol. The first-order valence-electron chi connectivity index (χ1n) is 6.44. The molecule has 2 aromatic rings. The number of aromatic nitrogens is 2. The Morgan fingerprint density at radius 3 is 2.25 bits per heavy atom. The summed E-state index contributed by atoms with van der Waals surface area (Å²) < 4.78 is 26.5. The van der Waals surface area contributed by atoms with Crippen LogP contribution in [0.4, 0.5) is 14.7 Å². The summed E-state index contributed by atoms with van der Waals surface area (Å²) in [5.74, 6) is -2.60. The van der Waals surface area contributed by atoms with Crippen LogP contribution in [0.1, 0.15) is 30.8 Å². The molecule has 0 saturated heterocycles. The van der Waals surface area contributed by atoms with E-state index in [0.29, 0.717) is 6.42 Å². The predicted molar refractivity (Wildman–Crippen MR) is 75.6 cm³/mol. The topological polar surface area (TPSA) is 51.8 Å². The average Bonchev–Trinajstić information content (AvgIpc) is 2.37. The Morgan fingerprint density at radius 2 is 1.75 bits per heavy atom. The van der Waals surface area contributed by atoms with Gasteiger partial charge in [0.25, 0.3) is 5.92 Å². The number of alkyl halides is 2. The molecule has 0 radical (unpaired) electrons. The zero-order valence-corrected chi connectivity index (χ0v) is 11.7. The van der Waals surface area contributed by atoms with Crippen molar-refractivity contribution >= 4 is 5.95 Å². The highest BCUT2D eigenvalue weighted by Gasteiger charge is 2.24. The molecule has 0 saturated carbocycles. The zero-order chi connectivity index (χ0) is 14.9. The second-order valence-electron chi connectivity index (χ2n) is 4.81. The second kappa shape index (κ2) is 5.15. The third-order valence-electron chi connectivity index (χ3n) is 3.20. The number of halogens is 2. The molecule has 3 nitrogen and oxygen atoms in total. The maximum absolute atomic E-state index is 13.2. The van der Waals surface area contributed by atoms with Crippen molar-refractivity contribution in [2.45, 2.75) is 33.1 Å². The molecule has 1 aromatic carbocycles. The first-order chi connectivity index (χ1) is 9.32. The molecule has 0 aliphatic carbocycles. The molecular weight excluding hydrogens is 260 g/mol. The van der Waals surface area contributed by atoms with Crippen LogP contribution in [-0.2, 0) is 12.3 Å². The maximum atomic E-state index is 13.2. The summed E-state index contributed by atoms with van der Waals surface area (Å²) in [7, 11) is 0. The molecule has 106 valence electrons. The van der Waals surface area contributed by atoms with Crippen LogP contribution in [-0.4, -0.2) is 9.97 Å². The van der Waals surface area contributed by atoms with Gasteiger partial charge in [-0.2, -0.15) is 0 Å². The lowest BCUT2D eigenvalue weighted by Gasteiger charge is -2.14. The minimum absolute atomic E-state index is 0.00619. The van der Waals surface area contributed by atoms with E-state index in [0.717, 1.165) is 29.4 Å². The highest BCUT2D eigenvalue weighted by molar-refractivity contribution is 5.69. The van der Waals surface area contributed by atoms with Crippen molar-refractivity contribution in [1.82, 2.24) is 9.97 Å². The normalized spacial score (nSPS) is 11.7. The summed E-state index contributed by atoms with van der Waals surface area (Å²) in [5, 5.41) is 0. The van der Waals surface area contributed by atoms with Crippen molar-refractivity contribution < 1.29 is 8.78 Å². The third kappa shape index (κ3) is 2.76. The van der Waals surface area contributed by atoms with Gasteiger partial charge < -0.3 is 5.73 Å². The van der Waals surface area contributed by atoms with E-state index in [1.165, 1.54) is 12.1 Å². The van der Waals surface area contributed by atoms with Crippen molar-refractivity contribution in [3.05, 3.63) is 41.2 Å². The number of benzene rings is 1. The van der Waals surface area contributed by atoms with Crippen LogP contribution >= 0.6 is 0 Å². The molecular formula is C15H17F2N3. The van der Waals surface area contributed by atoms with Crippen molar-refractivity contribution in [1.29, 1.82) is 0 Å². The Kier molecular flexibility index (Phi) is 3.70. The van der Waals surface area contributed by atoms with Gasteiger partial charge >= 0.3 is 0 Å². The molecule has 0 fully saturated rings. The summed E-state index contributed by atoms with van der Waals surface area (Å²) in [6, 6.07) is 6.22. The molecule has 0 aliphatic heterocycles. The van der Waals surface area contributed by atoms with E-state index in [-0.39, 0.29) is 11.5 Å². The Hall–Kier alpha value is -2.04. The zero-order valence-electron chi connectivity index (χ0n) is 11.7. The first-order valence-corrected chi connectivity index (χ1v) is 6.44. The summed E-state index contributed by atoms with van der Waals surface area (Å²) in [6.07, 6.45) is 0.703. The van der Waals surface area contributed by atoms with Gasteiger partial charge in [-0.1, -0.05) is 31.2 Å². The van der Waals surface area contributed by atoms with Crippen LogP contribution in [0.2, 0.25) is 0 Å². The number of anilines is 1. The Labute approximate surface area is 116 Å². The largest absolute Gasteiger partial charge is 0.368 e. The highest BCUT2D eigenvalue weighted by Crippen LogP contribution is 2.31. The number of nitrogens with two attached hydrogens (primary N) is 1. The van der Waals surface area contributed by atoms with E-state index in [1.807, 2.05) is 13.8 Å². The Bertz CT molecular complexity index is 616. The smallest absolute Gasteiger partial charge is 0.270 e. The van der Waals surface area contributed by atoms with Gasteiger partial charge in [0.2, 0.25) is 5.95 Å². The molecule has 0 unspecified atom stereocenters. The van der Waals surface area contributed by atoms with Crippen LogP contribution in [0.5, 0.6) is 0 Å². The van der Waals surface area contributed by atoms with E-state index >= 15 is 0 Å². The van der Waals surface area contributed by atoms with Crippen molar-refractivity contribution in [3.63, 3.8) is 0 Å². The standard InChI is InChI=1S/C15H17F2N3/c1-4-12-13(9(2)19-14(18)20-12)10-5-7-11(8-6-10)15(3,16)17/h5-8H,4H2,1-3H3,(H2,18,19,20). The molecule has 1 aromatic heterocycles. The Balaban J connectivity index is 2.52. The van der Waals surface area contributed by atoms with E-state index in [9.17, 15) is 8.78 Å². The van der Waals surface area contributed by atoms with Crippen molar-refractivity contribution in [2.24, 2.45) is 0 Å². The molecule has 2 N–H and O–H groups in total. The SMILES string of the molecule is CCc1nc(N)nc(C)c1-c1ccc(C(C)(F)F)cc1. The maximum Gasteiger partial charge on any atom is 0.270 e. The third-order valence-corrected chi connectivity index (χ3v) is 3.20. The lowest BCUT2D eigenvalue weighted by molar-refractivity contribution is 0.0175. The summed E-state index contributed by atoms with van der Waals surface area (Å²) in [5.41, 5.74) is 8.91. The lowest BCUT2D eigenvalue weighted by atomic mass is 9.98. The number of hydrogen-bond acceptors (Lipinski definition) is 3. The minimum Gasteiger partial charge on any atom is -0.368 e. The number of nitrogens with zero attached hydrogens (tertiary/aromatic N) is 2. The van der Waals surface area contributed by atoms with Crippen LogP contribution in [0.15, 0.2) is 24.3 Å². The molecule has 0 aliphatic rings. The molecule has 2 rings (SSSR count). The summed E-state index contributed by atoms with van der Waals surface area (Å²) in [4.78, 5) is 8.37. The quantitative estimate of drug-likeness (QED) is 0.930. The van der Waals surface area contributed by atoms with Crippen LogP contribution < -0.4 is 5.73 Å². The Morgan fingerprint density at radius 1 is 1.15 bits per heavy atom. The van der Waals surface area contributed by atoms with Crippen molar-refractivity contribution in [3.8, 4) is 11.1 Å². The van der Waals surface area contributed by atoms with Crippen molar-refractivity contribution in [2.75, 3.05) is 5.73 Å². The van der Waals surface area contributed by atoms with E-state index in [4.69, 9.17) is 5.73 Å². The molecule has 0 amide bonds. The van der Waals surface area contributed by atoms with Gasteiger partial charge in [0.1, 0.15) is 0 Å². The number of aryl methyl sites for hydroxylation is 2. The fourth-order valence-electron chi connectivity index (χ4n) is 2.22. The van der Waals surface area contributed by atoms with Crippen LogP contribution in [0.3, 0.4) is 0 Å². The second-order valence-corrected chi connectivity index (χ2v) is 4.81. The van der Waals surface area contributed by atoms with E-state index in [2.05, 4.69) is 9.97 Å². The minimum atomic E-state index is -2.83. The fourth-order valence-corrected chi connectivity index (χ4v) is 2.22. The predicted octanol–water partition coefficient (Wildman–Crippen LogP) is 3.71. The summed E-state index contributed by atoms with van der Waals surface area (Å²) >= 11 is 0. The van der Waals surface area contributed by atoms with Crippen LogP contribution in [0, 0.1) is 6.92 Å². The van der Waals surface area contributed by atoms with E-state index < -0.39 is 5.92 Å². The van der Waals surface area contributed by atoms with Gasteiger partial charge in [-0.05, 0) is 18.9 Å². The highest BCUT2D eigenvalue weighted by atomic mass is 19.3. The molecule has 1 heterocycles. The molecule has 0 bridgehead atoms. The van der Waals surface area contributed by atoms with Gasteiger partial charge in [0.05, 0.1) is 11.4 Å². The molecule has 5 heteroatoms. The molecule has 20 heavy (non-hydrogen) atoms. The van der Waals surface area contributed by atoms with Crippen LogP contribution in [0.25, 0.3) is 11.1 Å².